The number of rotatable bonds is 8. The average molecular weight is 553 g/mol. The predicted octanol–water partition coefficient (Wildman–Crippen LogP) is 5.93. The molecule has 0 amide bonds. The van der Waals surface area contributed by atoms with E-state index < -0.39 is 26.7 Å². The smallest absolute Gasteiger partial charge is 0.368 e. The standard InChI is InChI=1S/C27H28ClF3N2O3S/c1-20-5-4-6-21(17-20)19-36-25(22-9-11-23(28)12-10-22)18-32-13-15-33(16-14-32)37(34,35)26-8-3-2-7-24(26)27(29,30)31/h2-12,17,25H,13-16,18-19H2,1H3/t25-/m1/s1. The minimum atomic E-state index is -4.76. The van der Waals surface area contributed by atoms with Crippen LogP contribution in [0.1, 0.15) is 28.4 Å². The van der Waals surface area contributed by atoms with Gasteiger partial charge in [0, 0.05) is 37.7 Å². The lowest BCUT2D eigenvalue weighted by Crippen LogP contribution is -2.49. The first-order valence-electron chi connectivity index (χ1n) is 11.9. The van der Waals surface area contributed by atoms with Crippen molar-refractivity contribution in [3.8, 4) is 0 Å². The molecule has 1 fully saturated rings. The van der Waals surface area contributed by atoms with E-state index in [1.54, 1.807) is 12.1 Å². The Morgan fingerprint density at radius 1 is 0.946 bits per heavy atom. The predicted molar refractivity (Wildman–Crippen MR) is 137 cm³/mol. The van der Waals surface area contributed by atoms with Crippen molar-refractivity contribution >= 4 is 21.6 Å². The lowest BCUT2D eigenvalue weighted by atomic mass is 10.1. The van der Waals surface area contributed by atoms with E-state index in [-0.39, 0.29) is 19.2 Å². The van der Waals surface area contributed by atoms with Crippen LogP contribution in [0.25, 0.3) is 0 Å². The molecule has 1 aliphatic heterocycles. The monoisotopic (exact) mass is 552 g/mol. The number of hydrogen-bond acceptors (Lipinski definition) is 4. The normalized spacial score (nSPS) is 16.6. The van der Waals surface area contributed by atoms with E-state index in [9.17, 15) is 21.6 Å². The molecule has 0 aromatic heterocycles. The zero-order valence-electron chi connectivity index (χ0n) is 20.3. The van der Waals surface area contributed by atoms with Crippen LogP contribution < -0.4 is 0 Å². The number of hydrogen-bond donors (Lipinski definition) is 0. The summed E-state index contributed by atoms with van der Waals surface area (Å²) in [5, 5.41) is 0.610. The number of aryl methyl sites for hydroxylation is 1. The average Bonchev–Trinajstić information content (AvgIpc) is 2.87. The Labute approximate surface area is 220 Å². The third-order valence-electron chi connectivity index (χ3n) is 6.34. The van der Waals surface area contributed by atoms with E-state index in [1.165, 1.54) is 12.1 Å². The summed E-state index contributed by atoms with van der Waals surface area (Å²) in [4.78, 5) is 1.36. The molecule has 1 saturated heterocycles. The topological polar surface area (TPSA) is 49.9 Å². The van der Waals surface area contributed by atoms with Crippen LogP contribution in [-0.2, 0) is 27.5 Å². The van der Waals surface area contributed by atoms with Crippen molar-refractivity contribution in [2.75, 3.05) is 32.7 Å². The lowest BCUT2D eigenvalue weighted by molar-refractivity contribution is -0.139. The van der Waals surface area contributed by atoms with Crippen molar-refractivity contribution in [2.24, 2.45) is 0 Å². The highest BCUT2D eigenvalue weighted by Crippen LogP contribution is 2.35. The van der Waals surface area contributed by atoms with Gasteiger partial charge in [0.25, 0.3) is 0 Å². The van der Waals surface area contributed by atoms with Crippen LogP contribution in [-0.4, -0.2) is 50.3 Å². The molecule has 3 aromatic rings. The number of ether oxygens (including phenoxy) is 1. The maximum absolute atomic E-state index is 13.4. The van der Waals surface area contributed by atoms with Crippen LogP contribution in [0.15, 0.2) is 77.7 Å². The van der Waals surface area contributed by atoms with E-state index in [1.807, 2.05) is 37.3 Å². The van der Waals surface area contributed by atoms with Crippen molar-refractivity contribution in [3.05, 3.63) is 100 Å². The first-order chi connectivity index (χ1) is 17.5. The third-order valence-corrected chi connectivity index (χ3v) is 8.55. The van der Waals surface area contributed by atoms with Gasteiger partial charge in [0.1, 0.15) is 0 Å². The molecule has 1 atom stereocenters. The van der Waals surface area contributed by atoms with Gasteiger partial charge in [-0.15, -0.1) is 0 Å². The van der Waals surface area contributed by atoms with E-state index in [2.05, 4.69) is 11.0 Å². The fraction of sp³-hybridized carbons (Fsp3) is 0.333. The maximum Gasteiger partial charge on any atom is 0.417 e. The van der Waals surface area contributed by atoms with E-state index in [0.29, 0.717) is 31.3 Å². The number of nitrogens with zero attached hydrogens (tertiary/aromatic N) is 2. The highest BCUT2D eigenvalue weighted by atomic mass is 35.5. The molecule has 0 saturated carbocycles. The molecule has 0 radical (unpaired) electrons. The molecule has 1 aliphatic rings. The maximum atomic E-state index is 13.4. The number of halogens is 4. The summed E-state index contributed by atoms with van der Waals surface area (Å²) in [6.07, 6.45) is -5.06. The molecule has 3 aromatic carbocycles. The van der Waals surface area contributed by atoms with Crippen molar-refractivity contribution in [2.45, 2.75) is 30.7 Å². The summed E-state index contributed by atoms with van der Waals surface area (Å²) in [7, 11) is -4.29. The van der Waals surface area contributed by atoms with Gasteiger partial charge in [-0.25, -0.2) is 8.42 Å². The molecule has 0 unspecified atom stereocenters. The van der Waals surface area contributed by atoms with Crippen LogP contribution in [0.3, 0.4) is 0 Å². The Balaban J connectivity index is 1.45. The number of benzene rings is 3. The minimum absolute atomic E-state index is 0.0831. The molecule has 198 valence electrons. The highest BCUT2D eigenvalue weighted by molar-refractivity contribution is 7.89. The summed E-state index contributed by atoms with van der Waals surface area (Å²) in [5.74, 6) is 0. The zero-order valence-corrected chi connectivity index (χ0v) is 21.9. The van der Waals surface area contributed by atoms with E-state index in [4.69, 9.17) is 16.3 Å². The number of piperazine rings is 1. The molecule has 37 heavy (non-hydrogen) atoms. The molecule has 0 aliphatic carbocycles. The first kappa shape index (κ1) is 27.6. The Bertz CT molecular complexity index is 1310. The van der Waals surface area contributed by atoms with Crippen molar-refractivity contribution < 1.29 is 26.3 Å². The number of alkyl halides is 3. The summed E-state index contributed by atoms with van der Waals surface area (Å²) < 4.78 is 73.9. The van der Waals surface area contributed by atoms with Gasteiger partial charge in [0.05, 0.1) is 23.2 Å². The molecule has 0 N–H and O–H groups in total. The lowest BCUT2D eigenvalue weighted by Gasteiger charge is -2.36. The Kier molecular flexibility index (Phi) is 8.60. The van der Waals surface area contributed by atoms with Crippen LogP contribution in [0.2, 0.25) is 5.02 Å². The van der Waals surface area contributed by atoms with Crippen LogP contribution in [0.5, 0.6) is 0 Å². The van der Waals surface area contributed by atoms with Gasteiger partial charge in [-0.05, 0) is 42.3 Å². The summed E-state index contributed by atoms with van der Waals surface area (Å²) in [5.41, 5.74) is 1.96. The fourth-order valence-electron chi connectivity index (χ4n) is 4.38. The van der Waals surface area contributed by atoms with Gasteiger partial charge >= 0.3 is 6.18 Å². The van der Waals surface area contributed by atoms with Gasteiger partial charge < -0.3 is 4.74 Å². The first-order valence-corrected chi connectivity index (χ1v) is 13.7. The van der Waals surface area contributed by atoms with E-state index >= 15 is 0 Å². The van der Waals surface area contributed by atoms with Crippen molar-refractivity contribution in [1.82, 2.24) is 9.21 Å². The van der Waals surface area contributed by atoms with Gasteiger partial charge in [0.15, 0.2) is 0 Å². The Morgan fingerprint density at radius 2 is 1.62 bits per heavy atom. The second kappa shape index (κ2) is 11.5. The van der Waals surface area contributed by atoms with Gasteiger partial charge in [0.2, 0.25) is 10.0 Å². The molecule has 4 rings (SSSR count). The van der Waals surface area contributed by atoms with Crippen LogP contribution in [0, 0.1) is 6.92 Å². The SMILES string of the molecule is Cc1cccc(CO[C@H](CN2CCN(S(=O)(=O)c3ccccc3C(F)(F)F)CC2)c2ccc(Cl)cc2)c1. The molecule has 10 heteroatoms. The Hall–Kier alpha value is -2.43. The number of sulfonamides is 1. The largest absolute Gasteiger partial charge is 0.417 e. The summed E-state index contributed by atoms with van der Waals surface area (Å²) in [6.45, 7) is 3.81. The fourth-order valence-corrected chi connectivity index (χ4v) is 6.14. The van der Waals surface area contributed by atoms with E-state index in [0.717, 1.165) is 33.1 Å². The zero-order chi connectivity index (χ0) is 26.6. The molecule has 0 bridgehead atoms. The second-order valence-electron chi connectivity index (χ2n) is 9.04. The minimum Gasteiger partial charge on any atom is -0.368 e. The van der Waals surface area contributed by atoms with Gasteiger partial charge in [-0.1, -0.05) is 65.7 Å². The Morgan fingerprint density at radius 3 is 2.27 bits per heavy atom. The van der Waals surface area contributed by atoms with Crippen molar-refractivity contribution in [3.63, 3.8) is 0 Å². The summed E-state index contributed by atoms with van der Waals surface area (Å²) in [6, 6.07) is 19.7. The van der Waals surface area contributed by atoms with Crippen LogP contribution >= 0.6 is 11.6 Å². The second-order valence-corrected chi connectivity index (χ2v) is 11.4. The molecular formula is C27H28ClF3N2O3S. The third kappa shape index (κ3) is 6.91. The van der Waals surface area contributed by atoms with Crippen molar-refractivity contribution in [1.29, 1.82) is 0 Å². The molecular weight excluding hydrogens is 525 g/mol. The van der Waals surface area contributed by atoms with Gasteiger partial charge in [-0.2, -0.15) is 17.5 Å². The highest BCUT2D eigenvalue weighted by Gasteiger charge is 2.39. The van der Waals surface area contributed by atoms with Gasteiger partial charge in [-0.3, -0.25) is 4.90 Å². The molecule has 1 heterocycles. The molecule has 0 spiro atoms. The quantitative estimate of drug-likeness (QED) is 0.347. The molecule has 5 nitrogen and oxygen atoms in total. The summed E-state index contributed by atoms with van der Waals surface area (Å²) >= 11 is 6.06. The van der Waals surface area contributed by atoms with Crippen LogP contribution in [0.4, 0.5) is 13.2 Å².